The first-order valence-electron chi connectivity index (χ1n) is 10.8. The number of rotatable bonds is 6. The van der Waals surface area contributed by atoms with E-state index in [1.165, 1.54) is 0 Å². The third-order valence-electron chi connectivity index (χ3n) is 6.25. The van der Waals surface area contributed by atoms with Crippen molar-refractivity contribution in [3.63, 3.8) is 0 Å². The van der Waals surface area contributed by atoms with Gasteiger partial charge >= 0.3 is 6.09 Å². The lowest BCUT2D eigenvalue weighted by molar-refractivity contribution is 0.144. The number of aromatic nitrogens is 2. The Hall–Kier alpha value is -4.07. The van der Waals surface area contributed by atoms with Crippen molar-refractivity contribution >= 4 is 23.1 Å². The first kappa shape index (κ1) is 20.8. The summed E-state index contributed by atoms with van der Waals surface area (Å²) in [6, 6.07) is 17.8. The molecular weight excluding hydrogens is 420 g/mol. The number of ether oxygens (including phenoxy) is 1. The van der Waals surface area contributed by atoms with Crippen molar-refractivity contribution in [2.24, 2.45) is 0 Å². The second kappa shape index (κ2) is 8.12. The molecule has 5 rings (SSSR count). The Kier molecular flexibility index (Phi) is 5.12. The number of hydrogen-bond donors (Lipinski definition) is 3. The number of amides is 1. The van der Waals surface area contributed by atoms with Gasteiger partial charge in [-0.2, -0.15) is 9.97 Å². The van der Waals surface area contributed by atoms with Gasteiger partial charge in [0.05, 0.1) is 12.6 Å². The number of fused-ring (bicyclic) bond motifs is 1. The molecule has 168 valence electrons. The van der Waals surface area contributed by atoms with Gasteiger partial charge in [0.25, 0.3) is 0 Å². The Morgan fingerprint density at radius 1 is 1.06 bits per heavy atom. The van der Waals surface area contributed by atoms with E-state index in [1.807, 2.05) is 54.6 Å². The molecule has 4 aromatic rings. The fraction of sp³-hybridized carbons (Fsp3) is 0.240. The largest absolute Gasteiger partial charge is 0.480 e. The molecule has 1 aliphatic rings. The molecule has 33 heavy (non-hydrogen) atoms. The van der Waals surface area contributed by atoms with E-state index in [2.05, 4.69) is 20.6 Å². The molecule has 8 heteroatoms. The summed E-state index contributed by atoms with van der Waals surface area (Å²) in [6.45, 7) is 0. The fourth-order valence-electron chi connectivity index (χ4n) is 4.47. The molecule has 2 heterocycles. The van der Waals surface area contributed by atoms with Gasteiger partial charge in [-0.05, 0) is 30.4 Å². The summed E-state index contributed by atoms with van der Waals surface area (Å²) in [5.41, 5.74) is 3.52. The molecule has 0 aliphatic heterocycles. The Morgan fingerprint density at radius 3 is 2.36 bits per heavy atom. The minimum Gasteiger partial charge on any atom is -0.480 e. The maximum atomic E-state index is 11.3. The van der Waals surface area contributed by atoms with Crippen LogP contribution >= 0.6 is 0 Å². The van der Waals surface area contributed by atoms with E-state index in [0.29, 0.717) is 28.7 Å². The highest BCUT2D eigenvalue weighted by atomic mass is 16.5. The molecule has 0 unspecified atom stereocenters. The maximum Gasteiger partial charge on any atom is 0.405 e. The van der Waals surface area contributed by atoms with E-state index in [1.54, 1.807) is 14.2 Å². The zero-order valence-corrected chi connectivity index (χ0v) is 18.4. The summed E-state index contributed by atoms with van der Waals surface area (Å²) in [6.07, 6.45) is 1.57. The van der Waals surface area contributed by atoms with Crippen molar-refractivity contribution in [1.82, 2.24) is 15.3 Å². The number of carboxylic acid groups (broad SMARTS) is 1. The zero-order valence-electron chi connectivity index (χ0n) is 18.4. The van der Waals surface area contributed by atoms with Crippen LogP contribution in [0.3, 0.4) is 0 Å². The molecule has 0 atom stereocenters. The Morgan fingerprint density at radius 2 is 1.79 bits per heavy atom. The van der Waals surface area contributed by atoms with Gasteiger partial charge in [-0.15, -0.1) is 0 Å². The summed E-state index contributed by atoms with van der Waals surface area (Å²) in [7, 11) is 3.31. The summed E-state index contributed by atoms with van der Waals surface area (Å²) in [5.74, 6) is 1.48. The van der Waals surface area contributed by atoms with Crippen LogP contribution in [0.1, 0.15) is 24.8 Å². The predicted molar refractivity (Wildman–Crippen MR) is 125 cm³/mol. The number of carbonyl (C=O) groups is 1. The maximum absolute atomic E-state index is 11.3. The molecule has 2 aromatic heterocycles. The van der Waals surface area contributed by atoms with Crippen molar-refractivity contribution < 1.29 is 19.1 Å². The molecule has 0 bridgehead atoms. The van der Waals surface area contributed by atoms with Crippen molar-refractivity contribution in [3.8, 4) is 28.3 Å². The van der Waals surface area contributed by atoms with Crippen molar-refractivity contribution in [3.05, 3.63) is 60.2 Å². The van der Waals surface area contributed by atoms with Crippen LogP contribution in [0.25, 0.3) is 33.6 Å². The number of benzene rings is 2. The van der Waals surface area contributed by atoms with Gasteiger partial charge < -0.3 is 24.9 Å². The molecule has 8 nitrogen and oxygen atoms in total. The fourth-order valence-corrected chi connectivity index (χ4v) is 4.47. The van der Waals surface area contributed by atoms with Crippen LogP contribution in [0.5, 0.6) is 5.88 Å². The highest BCUT2D eigenvalue weighted by molar-refractivity contribution is 6.03. The molecular formula is C25H24N4O4. The van der Waals surface area contributed by atoms with Gasteiger partial charge in [-0.3, -0.25) is 0 Å². The third kappa shape index (κ3) is 3.53. The second-order valence-corrected chi connectivity index (χ2v) is 8.10. The first-order valence-corrected chi connectivity index (χ1v) is 10.8. The standard InChI is InChI=1S/C25H24N4O4/c1-26-23-27-21(32-2)19-18(15-7-4-3-5-8-15)20(33-22(19)28-23)16-9-11-17(12-10-16)25(13-6-14-25)29-24(30)31/h3-5,7-12,29H,6,13-14H2,1-2H3,(H,30,31)(H,26,27,28). The van der Waals surface area contributed by atoms with E-state index in [4.69, 9.17) is 9.15 Å². The lowest BCUT2D eigenvalue weighted by atomic mass is 9.72. The van der Waals surface area contributed by atoms with Gasteiger partial charge in [-0.1, -0.05) is 54.6 Å². The van der Waals surface area contributed by atoms with Crippen LogP contribution in [-0.4, -0.2) is 35.3 Å². The lowest BCUT2D eigenvalue weighted by Gasteiger charge is -2.42. The van der Waals surface area contributed by atoms with Crippen LogP contribution in [0.2, 0.25) is 0 Å². The second-order valence-electron chi connectivity index (χ2n) is 8.10. The van der Waals surface area contributed by atoms with E-state index in [9.17, 15) is 9.90 Å². The smallest absolute Gasteiger partial charge is 0.405 e. The molecule has 0 saturated heterocycles. The van der Waals surface area contributed by atoms with Crippen LogP contribution in [-0.2, 0) is 5.54 Å². The lowest BCUT2D eigenvalue weighted by Crippen LogP contribution is -2.50. The normalized spacial score (nSPS) is 14.5. The molecule has 1 aliphatic carbocycles. The molecule has 0 radical (unpaired) electrons. The van der Waals surface area contributed by atoms with Gasteiger partial charge in [0.15, 0.2) is 0 Å². The topological polar surface area (TPSA) is 110 Å². The highest BCUT2D eigenvalue weighted by Crippen LogP contribution is 2.45. The summed E-state index contributed by atoms with van der Waals surface area (Å²) >= 11 is 0. The minimum absolute atomic E-state index is 0.404. The number of furan rings is 1. The van der Waals surface area contributed by atoms with Crippen molar-refractivity contribution in [1.29, 1.82) is 0 Å². The first-order chi connectivity index (χ1) is 16.0. The molecule has 1 amide bonds. The number of methoxy groups -OCH3 is 1. The molecule has 1 saturated carbocycles. The quantitative estimate of drug-likeness (QED) is 0.372. The summed E-state index contributed by atoms with van der Waals surface area (Å²) in [5, 5.41) is 15.6. The highest BCUT2D eigenvalue weighted by Gasteiger charge is 2.40. The molecule has 1 fully saturated rings. The summed E-state index contributed by atoms with van der Waals surface area (Å²) < 4.78 is 11.9. The summed E-state index contributed by atoms with van der Waals surface area (Å²) in [4.78, 5) is 20.3. The van der Waals surface area contributed by atoms with Crippen LogP contribution in [0, 0.1) is 0 Å². The Bertz CT molecular complexity index is 1310. The monoisotopic (exact) mass is 444 g/mol. The van der Waals surface area contributed by atoms with Crippen LogP contribution in [0.15, 0.2) is 59.0 Å². The Balaban J connectivity index is 1.67. The molecule has 2 aromatic carbocycles. The number of nitrogens with one attached hydrogen (secondary N) is 2. The van der Waals surface area contributed by atoms with E-state index in [-0.39, 0.29) is 0 Å². The van der Waals surface area contributed by atoms with Gasteiger partial charge in [-0.25, -0.2) is 4.79 Å². The predicted octanol–water partition coefficient (Wildman–Crippen LogP) is 5.25. The van der Waals surface area contributed by atoms with E-state index >= 15 is 0 Å². The van der Waals surface area contributed by atoms with Gasteiger partial charge in [0, 0.05) is 18.2 Å². The Labute approximate surface area is 190 Å². The average Bonchev–Trinajstić information content (AvgIpc) is 3.21. The number of anilines is 1. The van der Waals surface area contributed by atoms with Crippen molar-refractivity contribution in [2.45, 2.75) is 24.8 Å². The zero-order chi connectivity index (χ0) is 23.0. The van der Waals surface area contributed by atoms with Crippen LogP contribution in [0.4, 0.5) is 10.7 Å². The van der Waals surface area contributed by atoms with Gasteiger partial charge in [0.2, 0.25) is 17.5 Å². The number of hydrogen-bond acceptors (Lipinski definition) is 6. The van der Waals surface area contributed by atoms with Crippen LogP contribution < -0.4 is 15.4 Å². The minimum atomic E-state index is -1.01. The van der Waals surface area contributed by atoms with Gasteiger partial charge in [0.1, 0.15) is 11.1 Å². The SMILES string of the molecule is CNc1nc(OC)c2c(-c3ccccc3)c(-c3ccc(C4(NC(=O)O)CCC4)cc3)oc2n1. The molecule has 3 N–H and O–H groups in total. The van der Waals surface area contributed by atoms with E-state index in [0.717, 1.165) is 41.5 Å². The molecule has 0 spiro atoms. The third-order valence-corrected chi connectivity index (χ3v) is 6.25. The number of nitrogens with zero attached hydrogens (tertiary/aromatic N) is 2. The average molecular weight is 444 g/mol. The van der Waals surface area contributed by atoms with E-state index < -0.39 is 11.6 Å². The van der Waals surface area contributed by atoms with Crippen molar-refractivity contribution in [2.75, 3.05) is 19.5 Å².